The Kier molecular flexibility index (Phi) is 4.99. The van der Waals surface area contributed by atoms with Gasteiger partial charge in [0.05, 0.1) is 6.61 Å². The highest BCUT2D eigenvalue weighted by Gasteiger charge is 2.24. The average Bonchev–Trinajstić information content (AvgIpc) is 2.69. The van der Waals surface area contributed by atoms with Gasteiger partial charge in [-0.05, 0) is 24.3 Å². The summed E-state index contributed by atoms with van der Waals surface area (Å²) >= 11 is 0. The van der Waals surface area contributed by atoms with Crippen LogP contribution in [0.1, 0.15) is 6.42 Å². The van der Waals surface area contributed by atoms with Gasteiger partial charge in [-0.1, -0.05) is 0 Å². The molecule has 1 aromatic carbocycles. The molecule has 1 aliphatic rings. The monoisotopic (exact) mass is 247 g/mol. The lowest BCUT2D eigenvalue weighted by molar-refractivity contribution is 0.206. The lowest BCUT2D eigenvalue weighted by Gasteiger charge is -2.12. The molecule has 1 heterocycles. The Morgan fingerprint density at radius 2 is 2.06 bits per heavy atom. The number of aliphatic hydroxyl groups excluding tert-OH is 1. The van der Waals surface area contributed by atoms with Gasteiger partial charge in [0.25, 0.3) is 0 Å². The van der Waals surface area contributed by atoms with Crippen LogP contribution in [0.4, 0.5) is 4.39 Å². The third kappa shape index (κ3) is 3.33. The smallest absolute Gasteiger partial charge is 0.123 e. The number of hydrogen-bond donors (Lipinski definition) is 2. The van der Waals surface area contributed by atoms with E-state index in [0.29, 0.717) is 5.75 Å². The van der Waals surface area contributed by atoms with Gasteiger partial charge in [0.15, 0.2) is 0 Å². The van der Waals surface area contributed by atoms with Crippen LogP contribution in [0.15, 0.2) is 24.3 Å². The van der Waals surface area contributed by atoms with Crippen LogP contribution in [-0.4, -0.2) is 30.4 Å². The van der Waals surface area contributed by atoms with Crippen LogP contribution in [0.25, 0.3) is 0 Å². The topological polar surface area (TPSA) is 41.5 Å². The summed E-state index contributed by atoms with van der Waals surface area (Å²) in [6, 6.07) is 6.10. The first-order valence-corrected chi connectivity index (χ1v) is 5.04. The van der Waals surface area contributed by atoms with E-state index in [1.54, 1.807) is 12.1 Å². The van der Waals surface area contributed by atoms with E-state index >= 15 is 0 Å². The molecule has 16 heavy (non-hydrogen) atoms. The zero-order valence-corrected chi connectivity index (χ0v) is 9.54. The fourth-order valence-electron chi connectivity index (χ4n) is 1.72. The fourth-order valence-corrected chi connectivity index (χ4v) is 1.72. The first kappa shape index (κ1) is 13.2. The van der Waals surface area contributed by atoms with Gasteiger partial charge in [-0.2, -0.15) is 0 Å². The maximum atomic E-state index is 12.6. The van der Waals surface area contributed by atoms with Crippen LogP contribution in [0, 0.1) is 5.82 Å². The average molecular weight is 248 g/mol. The van der Waals surface area contributed by atoms with Crippen molar-refractivity contribution >= 4 is 12.4 Å². The third-order valence-corrected chi connectivity index (χ3v) is 2.52. The normalized spacial score (nSPS) is 23.9. The SMILES string of the molecule is Cl.OC[C@@H]1C[C@@H](Oc2ccc(F)cc2)CN1. The Labute approximate surface area is 100 Å². The van der Waals surface area contributed by atoms with Crippen LogP contribution >= 0.6 is 12.4 Å². The zero-order chi connectivity index (χ0) is 10.7. The predicted molar refractivity (Wildman–Crippen MR) is 61.6 cm³/mol. The minimum Gasteiger partial charge on any atom is -0.489 e. The molecular weight excluding hydrogens is 233 g/mol. The third-order valence-electron chi connectivity index (χ3n) is 2.52. The van der Waals surface area contributed by atoms with E-state index in [2.05, 4.69) is 5.32 Å². The molecule has 2 rings (SSSR count). The largest absolute Gasteiger partial charge is 0.489 e. The maximum Gasteiger partial charge on any atom is 0.123 e. The summed E-state index contributed by atoms with van der Waals surface area (Å²) in [4.78, 5) is 0. The highest BCUT2D eigenvalue weighted by molar-refractivity contribution is 5.85. The summed E-state index contributed by atoms with van der Waals surface area (Å²) in [5.41, 5.74) is 0. The molecule has 0 spiro atoms. The molecular formula is C11H15ClFNO2. The molecule has 2 N–H and O–H groups in total. The summed E-state index contributed by atoms with van der Waals surface area (Å²) in [6.45, 7) is 0.853. The van der Waals surface area contributed by atoms with Gasteiger partial charge >= 0.3 is 0 Å². The summed E-state index contributed by atoms with van der Waals surface area (Å²) in [7, 11) is 0. The molecule has 5 heteroatoms. The van der Waals surface area contributed by atoms with E-state index in [9.17, 15) is 4.39 Å². The molecule has 0 saturated carbocycles. The number of rotatable bonds is 3. The molecule has 1 aliphatic heterocycles. The molecule has 2 atom stereocenters. The van der Waals surface area contributed by atoms with Gasteiger partial charge in [0.2, 0.25) is 0 Å². The van der Waals surface area contributed by atoms with Gasteiger partial charge in [-0.15, -0.1) is 12.4 Å². The molecule has 3 nitrogen and oxygen atoms in total. The lowest BCUT2D eigenvalue weighted by atomic mass is 10.2. The summed E-state index contributed by atoms with van der Waals surface area (Å²) in [6.07, 6.45) is 0.848. The highest BCUT2D eigenvalue weighted by Crippen LogP contribution is 2.17. The first-order chi connectivity index (χ1) is 7.28. The molecule has 1 aromatic rings. The number of nitrogens with one attached hydrogen (secondary N) is 1. The Morgan fingerprint density at radius 1 is 1.38 bits per heavy atom. The summed E-state index contributed by atoms with van der Waals surface area (Å²) < 4.78 is 18.2. The zero-order valence-electron chi connectivity index (χ0n) is 8.73. The summed E-state index contributed by atoms with van der Waals surface area (Å²) in [5.74, 6) is 0.405. The van der Waals surface area contributed by atoms with E-state index in [0.717, 1.165) is 13.0 Å². The molecule has 0 radical (unpaired) electrons. The predicted octanol–water partition coefficient (Wildman–Crippen LogP) is 1.35. The van der Waals surface area contributed by atoms with Crippen LogP contribution in [0.2, 0.25) is 0 Å². The number of hydrogen-bond acceptors (Lipinski definition) is 3. The second kappa shape index (κ2) is 6.03. The number of benzene rings is 1. The Morgan fingerprint density at radius 3 is 2.62 bits per heavy atom. The number of halogens is 2. The van der Waals surface area contributed by atoms with Gasteiger partial charge in [-0.25, -0.2) is 4.39 Å². The van der Waals surface area contributed by atoms with Crippen LogP contribution < -0.4 is 10.1 Å². The van der Waals surface area contributed by atoms with Crippen molar-refractivity contribution in [3.8, 4) is 5.75 Å². The van der Waals surface area contributed by atoms with Gasteiger partial charge in [-0.3, -0.25) is 0 Å². The Balaban J connectivity index is 0.00000128. The standard InChI is InChI=1S/C11H14FNO2.ClH/c12-8-1-3-10(4-2-8)15-11-5-9(7-14)13-6-11;/h1-4,9,11,13-14H,5-7H2;1H/t9-,11+;/m0./s1. The van der Waals surface area contributed by atoms with Crippen LogP contribution in [-0.2, 0) is 0 Å². The Hall–Kier alpha value is -0.840. The van der Waals surface area contributed by atoms with E-state index in [-0.39, 0.29) is 37.0 Å². The molecule has 0 unspecified atom stereocenters. The number of ether oxygens (including phenoxy) is 1. The van der Waals surface area contributed by atoms with Gasteiger partial charge < -0.3 is 15.2 Å². The van der Waals surface area contributed by atoms with Crippen molar-refractivity contribution in [1.82, 2.24) is 5.32 Å². The molecule has 0 aromatic heterocycles. The van der Waals surface area contributed by atoms with Crippen molar-refractivity contribution < 1.29 is 14.2 Å². The van der Waals surface area contributed by atoms with E-state index in [4.69, 9.17) is 9.84 Å². The molecule has 1 saturated heterocycles. The van der Waals surface area contributed by atoms with E-state index in [1.165, 1.54) is 12.1 Å². The quantitative estimate of drug-likeness (QED) is 0.847. The minimum atomic E-state index is -0.264. The first-order valence-electron chi connectivity index (χ1n) is 5.04. The highest BCUT2D eigenvalue weighted by atomic mass is 35.5. The molecule has 1 fully saturated rings. The van der Waals surface area contributed by atoms with Crippen LogP contribution in [0.5, 0.6) is 5.75 Å². The van der Waals surface area contributed by atoms with Crippen molar-refractivity contribution in [2.45, 2.75) is 18.6 Å². The Bertz CT molecular complexity index is 320. The maximum absolute atomic E-state index is 12.6. The lowest BCUT2D eigenvalue weighted by Crippen LogP contribution is -2.25. The molecule has 0 bridgehead atoms. The van der Waals surface area contributed by atoms with Gasteiger partial charge in [0, 0.05) is 19.0 Å². The van der Waals surface area contributed by atoms with Crippen molar-refractivity contribution in [3.05, 3.63) is 30.1 Å². The van der Waals surface area contributed by atoms with Crippen molar-refractivity contribution in [3.63, 3.8) is 0 Å². The van der Waals surface area contributed by atoms with E-state index < -0.39 is 0 Å². The van der Waals surface area contributed by atoms with Crippen molar-refractivity contribution in [1.29, 1.82) is 0 Å². The molecule has 90 valence electrons. The van der Waals surface area contributed by atoms with Crippen molar-refractivity contribution in [2.75, 3.05) is 13.2 Å². The van der Waals surface area contributed by atoms with Gasteiger partial charge in [0.1, 0.15) is 17.7 Å². The summed E-state index contributed by atoms with van der Waals surface area (Å²) in [5, 5.41) is 12.1. The minimum absolute atomic E-state index is 0. The van der Waals surface area contributed by atoms with Crippen molar-refractivity contribution in [2.24, 2.45) is 0 Å². The molecule has 0 amide bonds. The molecule has 0 aliphatic carbocycles. The number of aliphatic hydroxyl groups is 1. The fraction of sp³-hybridized carbons (Fsp3) is 0.455. The second-order valence-corrected chi connectivity index (χ2v) is 3.72. The van der Waals surface area contributed by atoms with Crippen LogP contribution in [0.3, 0.4) is 0 Å². The van der Waals surface area contributed by atoms with E-state index in [1.807, 2.05) is 0 Å². The second-order valence-electron chi connectivity index (χ2n) is 3.72.